The molecular formula is C56H94O9. The molecule has 0 aliphatic rings. The molecule has 9 nitrogen and oxygen atoms in total. The number of benzene rings is 2. The third-order valence-corrected chi connectivity index (χ3v) is 11.1. The van der Waals surface area contributed by atoms with Crippen LogP contribution in [-0.2, 0) is 55.8 Å². The minimum absolute atomic E-state index is 0.0658. The maximum atomic E-state index is 6.19. The van der Waals surface area contributed by atoms with Crippen LogP contribution in [0.5, 0.6) is 0 Å². The SMILES string of the molecule is CCCCCOC(CCCCCCCC=COC(OCc1ccccc1)OC(OC=CCCCCCCCC(OCCCCC)OCCCCC)OCc1ccccc1)OCCCCC. The van der Waals surface area contributed by atoms with E-state index < -0.39 is 13.0 Å². The van der Waals surface area contributed by atoms with Crippen molar-refractivity contribution in [2.45, 2.75) is 233 Å². The predicted molar refractivity (Wildman–Crippen MR) is 266 cm³/mol. The average molecular weight is 911 g/mol. The number of rotatable bonds is 48. The molecule has 65 heavy (non-hydrogen) atoms. The molecule has 0 bridgehead atoms. The first kappa shape index (κ1) is 58.4. The van der Waals surface area contributed by atoms with Crippen molar-refractivity contribution in [3.05, 3.63) is 96.5 Å². The Bertz CT molecular complexity index is 1190. The quantitative estimate of drug-likeness (QED) is 0.0366. The van der Waals surface area contributed by atoms with Gasteiger partial charge in [-0.05, 0) is 100 Å². The van der Waals surface area contributed by atoms with Crippen LogP contribution in [0.15, 0.2) is 85.3 Å². The van der Waals surface area contributed by atoms with E-state index in [2.05, 4.69) is 27.7 Å². The Hall–Kier alpha value is -2.76. The zero-order valence-electron chi connectivity index (χ0n) is 41.7. The number of ether oxygens (including phenoxy) is 9. The van der Waals surface area contributed by atoms with E-state index in [-0.39, 0.29) is 12.6 Å². The minimum atomic E-state index is -1.04. The number of hydrogen-bond acceptors (Lipinski definition) is 9. The van der Waals surface area contributed by atoms with Gasteiger partial charge in [0, 0.05) is 26.4 Å². The maximum Gasteiger partial charge on any atom is 0.320 e. The van der Waals surface area contributed by atoms with E-state index >= 15 is 0 Å². The Kier molecular flexibility index (Phi) is 40.4. The summed E-state index contributed by atoms with van der Waals surface area (Å²) >= 11 is 0. The maximum absolute atomic E-state index is 6.19. The number of hydrogen-bond donors (Lipinski definition) is 0. The largest absolute Gasteiger partial charge is 0.449 e. The molecular weight excluding hydrogens is 817 g/mol. The van der Waals surface area contributed by atoms with Crippen molar-refractivity contribution in [2.75, 3.05) is 26.4 Å². The van der Waals surface area contributed by atoms with E-state index in [0.717, 1.165) is 127 Å². The van der Waals surface area contributed by atoms with Gasteiger partial charge in [0.15, 0.2) is 12.6 Å². The van der Waals surface area contributed by atoms with Gasteiger partial charge in [-0.2, -0.15) is 0 Å². The van der Waals surface area contributed by atoms with Crippen LogP contribution in [0.3, 0.4) is 0 Å². The molecule has 9 heteroatoms. The fourth-order valence-electron chi connectivity index (χ4n) is 7.07. The molecule has 0 heterocycles. The smallest absolute Gasteiger partial charge is 0.320 e. The van der Waals surface area contributed by atoms with Crippen LogP contribution in [0.4, 0.5) is 0 Å². The standard InChI is InChI=1S/C56H94O9/c1-5-9-31-43-57-53(58-44-32-10-6-2)41-29-19-15-13-17-21-35-47-61-55(63-49-51-37-25-23-26-38-51)65-56(64-50-52-39-27-24-28-40-52)62-48-36-22-18-14-16-20-30-42-54(59-45-33-11-7-3)60-46-34-12-8-4/h23-28,35-40,47-48,53-56H,5-22,29-34,41-46,49-50H2,1-4H3. The lowest BCUT2D eigenvalue weighted by atomic mass is 10.1. The predicted octanol–water partition coefficient (Wildman–Crippen LogP) is 16.0. The van der Waals surface area contributed by atoms with Crippen molar-refractivity contribution in [3.8, 4) is 0 Å². The molecule has 0 saturated heterocycles. The van der Waals surface area contributed by atoms with E-state index in [1.165, 1.54) is 77.0 Å². The van der Waals surface area contributed by atoms with E-state index in [4.69, 9.17) is 42.6 Å². The average Bonchev–Trinajstić information content (AvgIpc) is 3.33. The zero-order chi connectivity index (χ0) is 46.4. The van der Waals surface area contributed by atoms with Gasteiger partial charge in [0.05, 0.1) is 25.7 Å². The summed E-state index contributed by atoms with van der Waals surface area (Å²) in [4.78, 5) is 0. The summed E-state index contributed by atoms with van der Waals surface area (Å²) in [6.07, 6.45) is 36.6. The fourth-order valence-corrected chi connectivity index (χ4v) is 7.07. The normalized spacial score (nSPS) is 12.9. The molecule has 0 aliphatic carbocycles. The van der Waals surface area contributed by atoms with E-state index in [9.17, 15) is 0 Å². The highest BCUT2D eigenvalue weighted by atomic mass is 16.9. The molecule has 372 valence electrons. The van der Waals surface area contributed by atoms with Crippen molar-refractivity contribution in [2.24, 2.45) is 0 Å². The van der Waals surface area contributed by atoms with Crippen molar-refractivity contribution in [3.63, 3.8) is 0 Å². The van der Waals surface area contributed by atoms with Crippen molar-refractivity contribution in [1.29, 1.82) is 0 Å². The molecule has 2 rings (SSSR count). The summed E-state index contributed by atoms with van der Waals surface area (Å²) in [7, 11) is 0. The van der Waals surface area contributed by atoms with Crippen molar-refractivity contribution < 1.29 is 42.6 Å². The summed E-state index contributed by atoms with van der Waals surface area (Å²) in [5, 5.41) is 0. The molecule has 0 radical (unpaired) electrons. The first-order valence-electron chi connectivity index (χ1n) is 26.2. The number of allylic oxidation sites excluding steroid dienone is 2. The van der Waals surface area contributed by atoms with Crippen LogP contribution in [-0.4, -0.2) is 52.0 Å². The van der Waals surface area contributed by atoms with Gasteiger partial charge in [0.1, 0.15) is 0 Å². The first-order valence-corrected chi connectivity index (χ1v) is 26.2. The monoisotopic (exact) mass is 911 g/mol. The highest BCUT2D eigenvalue weighted by Crippen LogP contribution is 2.17. The molecule has 0 fully saturated rings. The second-order valence-electron chi connectivity index (χ2n) is 17.2. The lowest BCUT2D eigenvalue weighted by molar-refractivity contribution is -0.383. The summed E-state index contributed by atoms with van der Waals surface area (Å²) in [6, 6.07) is 20.0. The van der Waals surface area contributed by atoms with Gasteiger partial charge in [-0.1, -0.05) is 178 Å². The van der Waals surface area contributed by atoms with Gasteiger partial charge < -0.3 is 37.9 Å². The Morgan fingerprint density at radius 2 is 0.708 bits per heavy atom. The van der Waals surface area contributed by atoms with E-state index in [1.54, 1.807) is 12.5 Å². The Morgan fingerprint density at radius 1 is 0.369 bits per heavy atom. The Balaban J connectivity index is 1.81. The Labute approximate surface area is 397 Å². The zero-order valence-corrected chi connectivity index (χ0v) is 41.7. The van der Waals surface area contributed by atoms with Crippen LogP contribution < -0.4 is 0 Å². The minimum Gasteiger partial charge on any atom is -0.449 e. The third kappa shape index (κ3) is 36.0. The molecule has 0 saturated carbocycles. The van der Waals surface area contributed by atoms with Gasteiger partial charge in [0.2, 0.25) is 0 Å². The lowest BCUT2D eigenvalue weighted by Gasteiger charge is -2.23. The van der Waals surface area contributed by atoms with Gasteiger partial charge >= 0.3 is 13.0 Å². The first-order chi connectivity index (χ1) is 32.2. The molecule has 0 N–H and O–H groups in total. The van der Waals surface area contributed by atoms with Gasteiger partial charge in [-0.15, -0.1) is 0 Å². The third-order valence-electron chi connectivity index (χ3n) is 11.1. The summed E-state index contributed by atoms with van der Waals surface area (Å²) in [5.41, 5.74) is 2.03. The Morgan fingerprint density at radius 3 is 1.06 bits per heavy atom. The van der Waals surface area contributed by atoms with Crippen LogP contribution in [0.25, 0.3) is 0 Å². The second kappa shape index (κ2) is 45.0. The lowest BCUT2D eigenvalue weighted by Crippen LogP contribution is -2.29. The van der Waals surface area contributed by atoms with E-state index in [0.29, 0.717) is 13.2 Å². The molecule has 2 atom stereocenters. The van der Waals surface area contributed by atoms with Crippen LogP contribution in [0, 0.1) is 0 Å². The summed E-state index contributed by atoms with van der Waals surface area (Å²) in [5.74, 6) is 0. The highest BCUT2D eigenvalue weighted by Gasteiger charge is 2.20. The van der Waals surface area contributed by atoms with Gasteiger partial charge in [-0.3, -0.25) is 4.74 Å². The van der Waals surface area contributed by atoms with Crippen molar-refractivity contribution in [1.82, 2.24) is 0 Å². The number of unbranched alkanes of at least 4 members (excludes halogenated alkanes) is 18. The van der Waals surface area contributed by atoms with Crippen LogP contribution in [0.2, 0.25) is 0 Å². The molecule has 0 spiro atoms. The summed E-state index contributed by atoms with van der Waals surface area (Å²) < 4.78 is 54.9. The molecule has 0 amide bonds. The molecule has 0 aliphatic heterocycles. The van der Waals surface area contributed by atoms with Crippen LogP contribution in [0.1, 0.15) is 206 Å². The topological polar surface area (TPSA) is 83.1 Å². The van der Waals surface area contributed by atoms with E-state index in [1.807, 2.05) is 72.8 Å². The molecule has 0 aromatic heterocycles. The molecule has 2 unspecified atom stereocenters. The highest BCUT2D eigenvalue weighted by molar-refractivity contribution is 5.14. The van der Waals surface area contributed by atoms with Crippen molar-refractivity contribution >= 4 is 0 Å². The van der Waals surface area contributed by atoms with Gasteiger partial charge in [0.25, 0.3) is 0 Å². The second-order valence-corrected chi connectivity index (χ2v) is 17.2. The summed E-state index contributed by atoms with van der Waals surface area (Å²) in [6.45, 7) is 10.6. The van der Waals surface area contributed by atoms with Crippen LogP contribution >= 0.6 is 0 Å². The van der Waals surface area contributed by atoms with Gasteiger partial charge in [-0.25, -0.2) is 0 Å². The fraction of sp³-hybridized carbons (Fsp3) is 0.714. The molecule has 2 aromatic carbocycles. The molecule has 2 aromatic rings.